The Morgan fingerprint density at radius 2 is 1.88 bits per heavy atom. The molecule has 0 saturated carbocycles. The molecule has 1 N–H and O–H groups in total. The quantitative estimate of drug-likeness (QED) is 0.297. The van der Waals surface area contributed by atoms with Gasteiger partial charge in [0.05, 0.1) is 25.5 Å². The number of rotatable bonds is 7. The fourth-order valence-corrected chi connectivity index (χ4v) is 3.84. The largest absolute Gasteiger partial charge is 0.494 e. The third-order valence-electron chi connectivity index (χ3n) is 5.24. The van der Waals surface area contributed by atoms with Gasteiger partial charge in [-0.15, -0.1) is 0 Å². The lowest BCUT2D eigenvalue weighted by molar-refractivity contribution is -0.122. The Morgan fingerprint density at radius 1 is 1.12 bits per heavy atom. The number of aryl methyl sites for hydroxylation is 1. The molecule has 3 heterocycles. The number of hydrogen-bond donors (Lipinski definition) is 1. The molecule has 2 aromatic rings. The van der Waals surface area contributed by atoms with E-state index in [1.807, 2.05) is 0 Å². The fourth-order valence-electron chi connectivity index (χ4n) is 3.56. The van der Waals surface area contributed by atoms with E-state index in [9.17, 15) is 9.59 Å². The molecule has 2 fully saturated rings. The van der Waals surface area contributed by atoms with Gasteiger partial charge in [-0.2, -0.15) is 0 Å². The van der Waals surface area contributed by atoms with E-state index in [2.05, 4.69) is 10.2 Å². The van der Waals surface area contributed by atoms with Crippen molar-refractivity contribution in [3.63, 3.8) is 0 Å². The number of carbonyl (C=O) groups excluding carboxylic acids is 2. The van der Waals surface area contributed by atoms with E-state index >= 15 is 0 Å². The topological polar surface area (TPSA) is 84.3 Å². The molecule has 2 amide bonds. The Balaban J connectivity index is 1.38. The monoisotopic (exact) mass is 455 g/mol. The van der Waals surface area contributed by atoms with E-state index in [1.165, 1.54) is 11.0 Å². The SMILES string of the molecule is Cc1ccc(/C=C2/C(=O)NC(=S)N(c3ccc(OCCCN4CCOCC4)cc3)C2=O)o1. The molecule has 8 nitrogen and oxygen atoms in total. The number of anilines is 1. The van der Waals surface area contributed by atoms with Crippen molar-refractivity contribution in [2.24, 2.45) is 0 Å². The zero-order chi connectivity index (χ0) is 22.5. The lowest BCUT2D eigenvalue weighted by Crippen LogP contribution is -2.54. The number of ether oxygens (including phenoxy) is 2. The molecule has 2 aliphatic rings. The van der Waals surface area contributed by atoms with Crippen molar-refractivity contribution in [3.8, 4) is 5.75 Å². The summed E-state index contributed by atoms with van der Waals surface area (Å²) in [4.78, 5) is 29.0. The summed E-state index contributed by atoms with van der Waals surface area (Å²) in [5.74, 6) is 0.762. The fraction of sp³-hybridized carbons (Fsp3) is 0.348. The van der Waals surface area contributed by atoms with Crippen LogP contribution in [0.3, 0.4) is 0 Å². The Hall–Kier alpha value is -3.01. The smallest absolute Gasteiger partial charge is 0.270 e. The van der Waals surface area contributed by atoms with E-state index in [1.54, 1.807) is 43.3 Å². The highest BCUT2D eigenvalue weighted by molar-refractivity contribution is 7.80. The molecule has 168 valence electrons. The summed E-state index contributed by atoms with van der Waals surface area (Å²) in [6.07, 6.45) is 2.34. The molecule has 0 atom stereocenters. The number of furan rings is 1. The zero-order valence-corrected chi connectivity index (χ0v) is 18.7. The van der Waals surface area contributed by atoms with Gasteiger partial charge in [0, 0.05) is 19.6 Å². The third kappa shape index (κ3) is 5.24. The van der Waals surface area contributed by atoms with Crippen molar-refractivity contribution in [1.82, 2.24) is 10.2 Å². The third-order valence-corrected chi connectivity index (χ3v) is 5.52. The van der Waals surface area contributed by atoms with E-state index in [0.717, 1.165) is 39.3 Å². The summed E-state index contributed by atoms with van der Waals surface area (Å²) >= 11 is 5.24. The Kier molecular flexibility index (Phi) is 6.99. The van der Waals surface area contributed by atoms with E-state index in [0.29, 0.717) is 29.6 Å². The predicted molar refractivity (Wildman–Crippen MR) is 123 cm³/mol. The highest BCUT2D eigenvalue weighted by Crippen LogP contribution is 2.25. The Labute approximate surface area is 191 Å². The summed E-state index contributed by atoms with van der Waals surface area (Å²) in [5.41, 5.74) is 0.499. The molecule has 9 heteroatoms. The molecule has 4 rings (SSSR count). The first-order chi connectivity index (χ1) is 15.5. The minimum atomic E-state index is -0.550. The number of benzene rings is 1. The summed E-state index contributed by atoms with van der Waals surface area (Å²) in [5, 5.41) is 2.60. The molecular formula is C23H25N3O5S. The molecule has 0 bridgehead atoms. The predicted octanol–water partition coefficient (Wildman–Crippen LogP) is 2.52. The zero-order valence-electron chi connectivity index (χ0n) is 17.8. The molecule has 2 saturated heterocycles. The maximum absolute atomic E-state index is 13.0. The lowest BCUT2D eigenvalue weighted by atomic mass is 10.1. The first kappa shape index (κ1) is 22.2. The van der Waals surface area contributed by atoms with Crippen LogP contribution in [0.5, 0.6) is 5.75 Å². The summed E-state index contributed by atoms with van der Waals surface area (Å²) in [7, 11) is 0. The van der Waals surface area contributed by atoms with Crippen LogP contribution in [0, 0.1) is 6.92 Å². The average Bonchev–Trinajstić information content (AvgIpc) is 3.20. The minimum Gasteiger partial charge on any atom is -0.494 e. The van der Waals surface area contributed by atoms with Crippen molar-refractivity contribution in [2.45, 2.75) is 13.3 Å². The van der Waals surface area contributed by atoms with Crippen LogP contribution in [0.4, 0.5) is 5.69 Å². The van der Waals surface area contributed by atoms with Gasteiger partial charge in [0.15, 0.2) is 5.11 Å². The number of nitrogens with one attached hydrogen (secondary N) is 1. The number of thiocarbonyl (C=S) groups is 1. The maximum atomic E-state index is 13.0. The van der Waals surface area contributed by atoms with Gasteiger partial charge < -0.3 is 13.9 Å². The molecule has 0 unspecified atom stereocenters. The highest BCUT2D eigenvalue weighted by Gasteiger charge is 2.34. The number of amides is 2. The molecule has 0 spiro atoms. The van der Waals surface area contributed by atoms with Crippen molar-refractivity contribution in [1.29, 1.82) is 0 Å². The second-order valence-electron chi connectivity index (χ2n) is 7.56. The number of nitrogens with zero attached hydrogens (tertiary/aromatic N) is 2. The van der Waals surface area contributed by atoms with E-state index in [-0.39, 0.29) is 10.7 Å². The number of carbonyl (C=O) groups is 2. The van der Waals surface area contributed by atoms with E-state index < -0.39 is 11.8 Å². The maximum Gasteiger partial charge on any atom is 0.270 e. The van der Waals surface area contributed by atoms with Gasteiger partial charge in [0.1, 0.15) is 22.8 Å². The van der Waals surface area contributed by atoms with Gasteiger partial charge in [-0.25, -0.2) is 0 Å². The highest BCUT2D eigenvalue weighted by atomic mass is 32.1. The molecule has 0 aliphatic carbocycles. The van der Waals surface area contributed by atoms with Crippen LogP contribution in [0.2, 0.25) is 0 Å². The summed E-state index contributed by atoms with van der Waals surface area (Å²) < 4.78 is 16.6. The van der Waals surface area contributed by atoms with Crippen LogP contribution in [-0.2, 0) is 14.3 Å². The first-order valence-corrected chi connectivity index (χ1v) is 10.9. The molecule has 32 heavy (non-hydrogen) atoms. The van der Waals surface area contributed by atoms with Crippen LogP contribution >= 0.6 is 12.2 Å². The van der Waals surface area contributed by atoms with Crippen molar-refractivity contribution >= 4 is 40.9 Å². The minimum absolute atomic E-state index is 0.0342. The van der Waals surface area contributed by atoms with Gasteiger partial charge in [-0.3, -0.25) is 24.7 Å². The molecule has 1 aromatic carbocycles. The van der Waals surface area contributed by atoms with Crippen LogP contribution in [-0.4, -0.2) is 61.3 Å². The Morgan fingerprint density at radius 3 is 2.56 bits per heavy atom. The molecule has 2 aliphatic heterocycles. The summed E-state index contributed by atoms with van der Waals surface area (Å²) in [6, 6.07) is 10.5. The van der Waals surface area contributed by atoms with Gasteiger partial charge in [-0.1, -0.05) is 0 Å². The van der Waals surface area contributed by atoms with Gasteiger partial charge in [0.2, 0.25) is 0 Å². The second kappa shape index (κ2) is 10.1. The molecule has 0 radical (unpaired) electrons. The average molecular weight is 456 g/mol. The second-order valence-corrected chi connectivity index (χ2v) is 7.94. The standard InChI is InChI=1S/C23H25N3O5S/c1-16-3-6-19(31-16)15-20-21(27)24-23(32)26(22(20)28)17-4-7-18(8-5-17)30-12-2-9-25-10-13-29-14-11-25/h3-8,15H,2,9-14H2,1H3,(H,24,27,32)/b20-15-. The van der Waals surface area contributed by atoms with Crippen molar-refractivity contribution in [2.75, 3.05) is 44.4 Å². The van der Waals surface area contributed by atoms with Crippen LogP contribution in [0.15, 0.2) is 46.4 Å². The number of hydrogen-bond acceptors (Lipinski definition) is 7. The van der Waals surface area contributed by atoms with E-state index in [4.69, 9.17) is 26.1 Å². The van der Waals surface area contributed by atoms with Crippen molar-refractivity contribution < 1.29 is 23.5 Å². The van der Waals surface area contributed by atoms with Crippen molar-refractivity contribution in [3.05, 3.63) is 53.5 Å². The first-order valence-electron chi connectivity index (χ1n) is 10.5. The van der Waals surface area contributed by atoms with Gasteiger partial charge in [-0.05, 0) is 68.0 Å². The van der Waals surface area contributed by atoms with Crippen LogP contribution in [0.1, 0.15) is 17.9 Å². The summed E-state index contributed by atoms with van der Waals surface area (Å²) in [6.45, 7) is 6.87. The normalized spacial score (nSPS) is 18.8. The van der Waals surface area contributed by atoms with Crippen LogP contribution < -0.4 is 15.0 Å². The van der Waals surface area contributed by atoms with Crippen LogP contribution in [0.25, 0.3) is 6.08 Å². The van der Waals surface area contributed by atoms with Gasteiger partial charge in [0.25, 0.3) is 11.8 Å². The Bertz CT molecular complexity index is 1020. The molecular weight excluding hydrogens is 430 g/mol. The van der Waals surface area contributed by atoms with Gasteiger partial charge >= 0.3 is 0 Å². The molecule has 1 aromatic heterocycles. The number of morpholine rings is 1. The lowest BCUT2D eigenvalue weighted by Gasteiger charge is -2.29.